The van der Waals surface area contributed by atoms with Crippen molar-refractivity contribution in [2.45, 2.75) is 38.9 Å². The molecule has 30 heavy (non-hydrogen) atoms. The van der Waals surface area contributed by atoms with Crippen LogP contribution in [-0.2, 0) is 14.0 Å². The molecule has 2 aliphatic heterocycles. The Labute approximate surface area is 177 Å². The number of aromatic nitrogens is 1. The maximum atomic E-state index is 12.8. The van der Waals surface area contributed by atoms with Crippen molar-refractivity contribution in [1.29, 1.82) is 0 Å². The van der Waals surface area contributed by atoms with Crippen molar-refractivity contribution >= 4 is 30.0 Å². The van der Waals surface area contributed by atoms with Gasteiger partial charge in [0, 0.05) is 30.5 Å². The highest BCUT2D eigenvalue weighted by molar-refractivity contribution is 6.62. The number of morpholine rings is 1. The Bertz CT molecular complexity index is 912. The van der Waals surface area contributed by atoms with Crippen molar-refractivity contribution in [3.05, 3.63) is 48.2 Å². The molecule has 0 radical (unpaired) electrons. The van der Waals surface area contributed by atoms with E-state index in [4.69, 9.17) is 14.0 Å². The molecule has 1 aromatic carbocycles. The fourth-order valence-electron chi connectivity index (χ4n) is 3.47. The average Bonchev–Trinajstić information content (AvgIpc) is 2.96. The lowest BCUT2D eigenvalue weighted by atomic mass is 9.79. The zero-order chi connectivity index (χ0) is 21.4. The van der Waals surface area contributed by atoms with E-state index in [-0.39, 0.29) is 5.91 Å². The van der Waals surface area contributed by atoms with Crippen LogP contribution in [0.1, 0.15) is 38.1 Å². The summed E-state index contributed by atoms with van der Waals surface area (Å²) in [6, 6.07) is 11.1. The molecule has 2 aliphatic rings. The van der Waals surface area contributed by atoms with E-state index < -0.39 is 18.3 Å². The standard InChI is InChI=1S/C22H28BN3O4/c1-21(2)22(3,4)30-23(29-21)17-6-5-7-18(15-17)25-20(27)16-8-9-24-19(14-16)26-10-12-28-13-11-26/h5-9,14-15H,10-13H2,1-4H3,(H,25,27). The van der Waals surface area contributed by atoms with Crippen molar-refractivity contribution in [3.8, 4) is 0 Å². The summed E-state index contributed by atoms with van der Waals surface area (Å²) in [6.07, 6.45) is 1.67. The number of carbonyl (C=O) groups excluding carboxylic acids is 1. The molecule has 0 saturated carbocycles. The first-order valence-corrected chi connectivity index (χ1v) is 10.3. The van der Waals surface area contributed by atoms with Crippen LogP contribution in [0.5, 0.6) is 0 Å². The van der Waals surface area contributed by atoms with Crippen LogP contribution in [0.3, 0.4) is 0 Å². The molecule has 0 unspecified atom stereocenters. The van der Waals surface area contributed by atoms with Crippen LogP contribution in [0.2, 0.25) is 0 Å². The Kier molecular flexibility index (Phi) is 5.57. The lowest BCUT2D eigenvalue weighted by Crippen LogP contribution is -2.41. The Hall–Kier alpha value is -2.42. The molecule has 0 spiro atoms. The van der Waals surface area contributed by atoms with E-state index in [2.05, 4.69) is 15.2 Å². The number of rotatable bonds is 4. The summed E-state index contributed by atoms with van der Waals surface area (Å²) in [6.45, 7) is 11.0. The fourth-order valence-corrected chi connectivity index (χ4v) is 3.47. The van der Waals surface area contributed by atoms with Crippen LogP contribution < -0.4 is 15.7 Å². The second-order valence-electron chi connectivity index (χ2n) is 8.67. The Morgan fingerprint density at radius 2 is 1.77 bits per heavy atom. The fraction of sp³-hybridized carbons (Fsp3) is 0.455. The van der Waals surface area contributed by atoms with Gasteiger partial charge in [0.25, 0.3) is 5.91 Å². The maximum absolute atomic E-state index is 12.8. The summed E-state index contributed by atoms with van der Waals surface area (Å²) in [7, 11) is -0.472. The largest absolute Gasteiger partial charge is 0.494 e. The number of pyridine rings is 1. The van der Waals surface area contributed by atoms with Crippen molar-refractivity contribution in [1.82, 2.24) is 4.98 Å². The molecule has 1 aromatic heterocycles. The summed E-state index contributed by atoms with van der Waals surface area (Å²) in [5.41, 5.74) is 1.30. The van der Waals surface area contributed by atoms with Gasteiger partial charge in [-0.05, 0) is 57.4 Å². The van der Waals surface area contributed by atoms with Crippen molar-refractivity contribution in [2.24, 2.45) is 0 Å². The van der Waals surface area contributed by atoms with Gasteiger partial charge in [-0.25, -0.2) is 4.98 Å². The molecule has 4 rings (SSSR count). The van der Waals surface area contributed by atoms with E-state index in [1.54, 1.807) is 12.3 Å². The smallest absolute Gasteiger partial charge is 0.399 e. The molecule has 2 fully saturated rings. The molecule has 0 bridgehead atoms. The quantitative estimate of drug-likeness (QED) is 0.783. The molecule has 0 atom stereocenters. The third kappa shape index (κ3) is 4.21. The molecule has 1 amide bonds. The van der Waals surface area contributed by atoms with Crippen LogP contribution in [-0.4, -0.2) is 55.5 Å². The Morgan fingerprint density at radius 3 is 2.47 bits per heavy atom. The molecule has 158 valence electrons. The van der Waals surface area contributed by atoms with Gasteiger partial charge >= 0.3 is 7.12 Å². The highest BCUT2D eigenvalue weighted by atomic mass is 16.7. The summed E-state index contributed by atoms with van der Waals surface area (Å²) >= 11 is 0. The van der Waals surface area contributed by atoms with E-state index >= 15 is 0 Å². The molecular weight excluding hydrogens is 381 g/mol. The summed E-state index contributed by atoms with van der Waals surface area (Å²) < 4.78 is 17.6. The lowest BCUT2D eigenvalue weighted by Gasteiger charge is -2.32. The summed E-state index contributed by atoms with van der Waals surface area (Å²) in [5.74, 6) is 0.606. The molecule has 2 aromatic rings. The van der Waals surface area contributed by atoms with Gasteiger partial charge in [-0.3, -0.25) is 4.79 Å². The first-order chi connectivity index (χ1) is 14.2. The van der Waals surface area contributed by atoms with Crippen molar-refractivity contribution < 1.29 is 18.8 Å². The zero-order valence-electron chi connectivity index (χ0n) is 18.0. The third-order valence-corrected chi connectivity index (χ3v) is 6.01. The minimum Gasteiger partial charge on any atom is -0.399 e. The number of benzene rings is 1. The average molecular weight is 409 g/mol. The molecule has 8 heteroatoms. The predicted molar refractivity (Wildman–Crippen MR) is 117 cm³/mol. The van der Waals surface area contributed by atoms with Crippen LogP contribution in [0.4, 0.5) is 11.5 Å². The number of nitrogens with zero attached hydrogens (tertiary/aromatic N) is 2. The molecule has 1 N–H and O–H groups in total. The minimum absolute atomic E-state index is 0.182. The number of ether oxygens (including phenoxy) is 1. The first kappa shape index (κ1) is 20.8. The van der Waals surface area contributed by atoms with Gasteiger partial charge in [0.2, 0.25) is 0 Å². The molecule has 3 heterocycles. The number of anilines is 2. The number of hydrogen-bond acceptors (Lipinski definition) is 6. The normalized spacial score (nSPS) is 20.3. The van der Waals surface area contributed by atoms with Gasteiger partial charge in [0.05, 0.1) is 24.4 Å². The topological polar surface area (TPSA) is 72.9 Å². The highest BCUT2D eigenvalue weighted by Crippen LogP contribution is 2.36. The van der Waals surface area contributed by atoms with Crippen molar-refractivity contribution in [2.75, 3.05) is 36.5 Å². The van der Waals surface area contributed by atoms with Gasteiger partial charge in [0.1, 0.15) is 5.82 Å². The van der Waals surface area contributed by atoms with E-state index in [1.807, 2.05) is 58.0 Å². The van der Waals surface area contributed by atoms with Crippen LogP contribution >= 0.6 is 0 Å². The second kappa shape index (κ2) is 8.02. The summed E-state index contributed by atoms with van der Waals surface area (Å²) in [5, 5.41) is 2.97. The third-order valence-electron chi connectivity index (χ3n) is 6.01. The van der Waals surface area contributed by atoms with Gasteiger partial charge in [0.15, 0.2) is 0 Å². The van der Waals surface area contributed by atoms with Gasteiger partial charge in [-0.15, -0.1) is 0 Å². The number of hydrogen-bond donors (Lipinski definition) is 1. The van der Waals surface area contributed by atoms with Gasteiger partial charge < -0.3 is 24.3 Å². The Balaban J connectivity index is 1.47. The number of carbonyl (C=O) groups is 1. The van der Waals surface area contributed by atoms with Gasteiger partial charge in [-0.2, -0.15) is 0 Å². The number of nitrogens with one attached hydrogen (secondary N) is 1. The maximum Gasteiger partial charge on any atom is 0.494 e. The SMILES string of the molecule is CC1(C)OB(c2cccc(NC(=O)c3ccnc(N4CCOCC4)c3)c2)OC1(C)C. The monoisotopic (exact) mass is 409 g/mol. The minimum atomic E-state index is -0.472. The second-order valence-corrected chi connectivity index (χ2v) is 8.67. The number of amides is 1. The lowest BCUT2D eigenvalue weighted by molar-refractivity contribution is 0.00578. The van der Waals surface area contributed by atoms with E-state index in [0.717, 1.165) is 24.4 Å². The van der Waals surface area contributed by atoms with E-state index in [0.29, 0.717) is 24.5 Å². The van der Waals surface area contributed by atoms with Crippen molar-refractivity contribution in [3.63, 3.8) is 0 Å². The predicted octanol–water partition coefficient (Wildman–Crippen LogP) is 2.47. The first-order valence-electron chi connectivity index (χ1n) is 10.3. The van der Waals surface area contributed by atoms with Gasteiger partial charge in [-0.1, -0.05) is 12.1 Å². The molecular formula is C22H28BN3O4. The van der Waals surface area contributed by atoms with Crippen LogP contribution in [0.25, 0.3) is 0 Å². The molecule has 2 saturated heterocycles. The molecule has 0 aliphatic carbocycles. The van der Waals surface area contributed by atoms with Crippen LogP contribution in [0.15, 0.2) is 42.6 Å². The molecule has 7 nitrogen and oxygen atoms in total. The zero-order valence-corrected chi connectivity index (χ0v) is 18.0. The van der Waals surface area contributed by atoms with E-state index in [9.17, 15) is 4.79 Å². The van der Waals surface area contributed by atoms with E-state index in [1.165, 1.54) is 0 Å². The summed E-state index contributed by atoms with van der Waals surface area (Å²) in [4.78, 5) is 19.4. The Morgan fingerprint density at radius 1 is 1.07 bits per heavy atom. The van der Waals surface area contributed by atoms with Crippen LogP contribution in [0, 0.1) is 0 Å². The highest BCUT2D eigenvalue weighted by Gasteiger charge is 2.51.